The van der Waals surface area contributed by atoms with Crippen molar-refractivity contribution in [2.75, 3.05) is 19.7 Å². The first-order chi connectivity index (χ1) is 14.6. The minimum Gasteiger partial charge on any atom is -0.378 e. The summed E-state index contributed by atoms with van der Waals surface area (Å²) in [5, 5.41) is 0. The molecule has 4 heteroatoms. The van der Waals surface area contributed by atoms with Crippen LogP contribution in [-0.2, 0) is 28.9 Å². The van der Waals surface area contributed by atoms with Crippen LogP contribution in [0.1, 0.15) is 48.8 Å². The van der Waals surface area contributed by atoms with Gasteiger partial charge < -0.3 is 10.5 Å². The lowest BCUT2D eigenvalue weighted by Crippen LogP contribution is -2.46. The van der Waals surface area contributed by atoms with Gasteiger partial charge in [0.25, 0.3) is 0 Å². The Morgan fingerprint density at radius 1 is 1.00 bits per heavy atom. The molecule has 0 radical (unpaired) electrons. The molecule has 30 heavy (non-hydrogen) atoms. The number of benzene rings is 2. The zero-order valence-electron chi connectivity index (χ0n) is 17.9. The lowest BCUT2D eigenvalue weighted by molar-refractivity contribution is -0.117. The molecule has 1 unspecified atom stereocenters. The topological polar surface area (TPSA) is 55.6 Å². The lowest BCUT2D eigenvalue weighted by Gasteiger charge is -2.45. The number of nitrogens with two attached hydrogens (primary N) is 1. The third-order valence-corrected chi connectivity index (χ3v) is 7.03. The van der Waals surface area contributed by atoms with Crippen molar-refractivity contribution in [3.63, 3.8) is 0 Å². The quantitative estimate of drug-likeness (QED) is 0.718. The molecule has 2 aromatic rings. The highest BCUT2D eigenvalue weighted by Crippen LogP contribution is 2.44. The zero-order valence-corrected chi connectivity index (χ0v) is 17.9. The lowest BCUT2D eigenvalue weighted by atomic mass is 9.69. The molecule has 0 aromatic heterocycles. The number of hydrogen-bond donors (Lipinski definition) is 1. The molecule has 2 fully saturated rings. The highest BCUT2D eigenvalue weighted by molar-refractivity contribution is 5.76. The van der Waals surface area contributed by atoms with E-state index in [-0.39, 0.29) is 5.91 Å². The number of piperidine rings is 1. The Hall–Kier alpha value is -2.17. The van der Waals surface area contributed by atoms with E-state index in [1.807, 2.05) is 12.1 Å². The van der Waals surface area contributed by atoms with Crippen molar-refractivity contribution in [2.45, 2.75) is 57.6 Å². The fourth-order valence-electron chi connectivity index (χ4n) is 5.21. The van der Waals surface area contributed by atoms with Crippen molar-refractivity contribution < 1.29 is 9.53 Å². The van der Waals surface area contributed by atoms with Gasteiger partial charge in [-0.1, -0.05) is 54.6 Å². The minimum atomic E-state index is -0.278. The van der Waals surface area contributed by atoms with Crippen molar-refractivity contribution in [3.05, 3.63) is 71.3 Å². The Morgan fingerprint density at radius 3 is 2.33 bits per heavy atom. The van der Waals surface area contributed by atoms with Crippen LogP contribution in [0.4, 0.5) is 0 Å². The Morgan fingerprint density at radius 2 is 1.70 bits per heavy atom. The summed E-state index contributed by atoms with van der Waals surface area (Å²) < 4.78 is 6.23. The zero-order chi connectivity index (χ0) is 20.8. The number of primary amides is 1. The van der Waals surface area contributed by atoms with Gasteiger partial charge in [-0.2, -0.15) is 0 Å². The van der Waals surface area contributed by atoms with E-state index in [9.17, 15) is 4.79 Å². The first-order valence-corrected chi connectivity index (χ1v) is 11.4. The first-order valence-electron chi connectivity index (χ1n) is 11.4. The number of hydrogen-bond acceptors (Lipinski definition) is 3. The average Bonchev–Trinajstić information content (AvgIpc) is 3.31. The average molecular weight is 407 g/mol. The van der Waals surface area contributed by atoms with E-state index in [0.717, 1.165) is 38.2 Å². The van der Waals surface area contributed by atoms with Crippen LogP contribution in [0.15, 0.2) is 54.6 Å². The molecule has 0 bridgehead atoms. The fourth-order valence-corrected chi connectivity index (χ4v) is 5.21. The van der Waals surface area contributed by atoms with Gasteiger partial charge in [-0.25, -0.2) is 0 Å². The number of carbonyl (C=O) groups excluding carboxylic acids is 1. The highest BCUT2D eigenvalue weighted by Gasteiger charge is 2.43. The maximum absolute atomic E-state index is 11.1. The third kappa shape index (κ3) is 5.30. The second-order valence-electron chi connectivity index (χ2n) is 9.09. The van der Waals surface area contributed by atoms with E-state index >= 15 is 0 Å². The van der Waals surface area contributed by atoms with Gasteiger partial charge in [0.2, 0.25) is 5.91 Å². The molecular weight excluding hydrogens is 372 g/mol. The highest BCUT2D eigenvalue weighted by atomic mass is 16.5. The van der Waals surface area contributed by atoms with Gasteiger partial charge in [0.05, 0.1) is 12.5 Å². The number of carbonyl (C=O) groups is 1. The number of amides is 1. The number of ether oxygens (including phenoxy) is 1. The van der Waals surface area contributed by atoms with Crippen molar-refractivity contribution >= 4 is 5.91 Å². The molecule has 0 aliphatic carbocycles. The number of rotatable bonds is 8. The van der Waals surface area contributed by atoms with Crippen LogP contribution in [0.25, 0.3) is 0 Å². The van der Waals surface area contributed by atoms with E-state index in [4.69, 9.17) is 10.5 Å². The monoisotopic (exact) mass is 406 g/mol. The molecule has 2 N–H and O–H groups in total. The van der Waals surface area contributed by atoms with Gasteiger partial charge in [0.1, 0.15) is 0 Å². The second kappa shape index (κ2) is 9.76. The van der Waals surface area contributed by atoms with E-state index in [1.165, 1.54) is 43.2 Å². The van der Waals surface area contributed by atoms with Gasteiger partial charge >= 0.3 is 0 Å². The van der Waals surface area contributed by atoms with Gasteiger partial charge in [-0.15, -0.1) is 0 Å². The van der Waals surface area contributed by atoms with Gasteiger partial charge in [0.15, 0.2) is 0 Å². The summed E-state index contributed by atoms with van der Waals surface area (Å²) in [7, 11) is 0. The maximum atomic E-state index is 11.1. The normalized spacial score (nSPS) is 21.5. The standard InChI is InChI=1S/C26H34N2O2/c27-25(29)19-22-8-10-23(11-9-22)20-28-16-14-26(15-17-28,24-7-4-18-30-24)13-12-21-5-2-1-3-6-21/h1-3,5-6,8-11,24H,4,7,12-20H2,(H2,27,29). The molecule has 4 rings (SSSR count). The SMILES string of the molecule is NC(=O)Cc1ccc(CN2CCC(CCc3ccccc3)(C3CCCO3)CC2)cc1. The molecule has 0 spiro atoms. The van der Waals surface area contributed by atoms with Gasteiger partial charge in [0, 0.05) is 13.2 Å². The Kier molecular flexibility index (Phi) is 6.86. The Balaban J connectivity index is 1.36. The molecule has 2 aromatic carbocycles. The van der Waals surface area contributed by atoms with Crippen LogP contribution < -0.4 is 5.73 Å². The van der Waals surface area contributed by atoms with Crippen molar-refractivity contribution in [2.24, 2.45) is 11.1 Å². The predicted octanol–water partition coefficient (Wildman–Crippen LogP) is 4.11. The summed E-state index contributed by atoms with van der Waals surface area (Å²) in [4.78, 5) is 13.7. The van der Waals surface area contributed by atoms with Crippen LogP contribution in [-0.4, -0.2) is 36.6 Å². The van der Waals surface area contributed by atoms with Crippen LogP contribution in [0, 0.1) is 5.41 Å². The molecule has 1 amide bonds. The molecule has 2 aliphatic rings. The van der Waals surface area contributed by atoms with Crippen LogP contribution in [0.3, 0.4) is 0 Å². The maximum Gasteiger partial charge on any atom is 0.221 e. The smallest absolute Gasteiger partial charge is 0.221 e. The largest absolute Gasteiger partial charge is 0.378 e. The fraction of sp³-hybridized carbons (Fsp3) is 0.500. The summed E-state index contributed by atoms with van der Waals surface area (Å²) in [5.41, 5.74) is 9.34. The molecule has 1 atom stereocenters. The number of likely N-dealkylation sites (tertiary alicyclic amines) is 1. The predicted molar refractivity (Wildman–Crippen MR) is 120 cm³/mol. The molecule has 160 valence electrons. The summed E-state index contributed by atoms with van der Waals surface area (Å²) in [6, 6.07) is 19.2. The van der Waals surface area contributed by atoms with E-state index in [1.54, 1.807) is 0 Å². The molecule has 2 heterocycles. The van der Waals surface area contributed by atoms with Crippen LogP contribution in [0.2, 0.25) is 0 Å². The molecule has 2 saturated heterocycles. The summed E-state index contributed by atoms with van der Waals surface area (Å²) in [5.74, 6) is -0.278. The molecule has 0 saturated carbocycles. The Bertz CT molecular complexity index is 805. The molecular formula is C26H34N2O2. The van der Waals surface area contributed by atoms with E-state index in [0.29, 0.717) is 17.9 Å². The summed E-state index contributed by atoms with van der Waals surface area (Å²) >= 11 is 0. The van der Waals surface area contributed by atoms with Crippen molar-refractivity contribution in [3.8, 4) is 0 Å². The van der Waals surface area contributed by atoms with Crippen molar-refractivity contribution in [1.82, 2.24) is 4.90 Å². The summed E-state index contributed by atoms with van der Waals surface area (Å²) in [6.07, 6.45) is 7.95. The number of nitrogens with zero attached hydrogens (tertiary/aromatic N) is 1. The molecule has 2 aliphatic heterocycles. The third-order valence-electron chi connectivity index (χ3n) is 7.03. The number of aryl methyl sites for hydroxylation is 1. The molecule has 4 nitrogen and oxygen atoms in total. The van der Waals surface area contributed by atoms with Gasteiger partial charge in [-0.3, -0.25) is 9.69 Å². The summed E-state index contributed by atoms with van der Waals surface area (Å²) in [6.45, 7) is 4.14. The van der Waals surface area contributed by atoms with E-state index in [2.05, 4.69) is 47.4 Å². The minimum absolute atomic E-state index is 0.278. The van der Waals surface area contributed by atoms with Crippen molar-refractivity contribution in [1.29, 1.82) is 0 Å². The second-order valence-corrected chi connectivity index (χ2v) is 9.09. The Labute approximate surface area is 180 Å². The van der Waals surface area contributed by atoms with E-state index < -0.39 is 0 Å². The first kappa shape index (κ1) is 21.1. The van der Waals surface area contributed by atoms with Crippen LogP contribution >= 0.6 is 0 Å². The van der Waals surface area contributed by atoms with Gasteiger partial charge in [-0.05, 0) is 73.7 Å². The van der Waals surface area contributed by atoms with Crippen LogP contribution in [0.5, 0.6) is 0 Å².